The Hall–Kier alpha value is -2.96. The lowest BCUT2D eigenvalue weighted by Crippen LogP contribution is -2.53. The molecule has 6 heteroatoms. The second-order valence-corrected chi connectivity index (χ2v) is 14.1. The molecule has 0 heterocycles. The van der Waals surface area contributed by atoms with Gasteiger partial charge in [0.25, 0.3) is 0 Å². The van der Waals surface area contributed by atoms with Crippen molar-refractivity contribution in [2.24, 2.45) is 5.92 Å². The summed E-state index contributed by atoms with van der Waals surface area (Å²) in [6.45, 7) is 12.9. The lowest BCUT2D eigenvalue weighted by molar-refractivity contribution is -0.932. The summed E-state index contributed by atoms with van der Waals surface area (Å²) in [4.78, 5) is 12.3. The Balaban J connectivity index is 0.000000281. The van der Waals surface area contributed by atoms with E-state index in [1.165, 1.54) is 116 Å². The third kappa shape index (κ3) is 14.8. The number of carboxylic acid groups (broad SMARTS) is 2. The van der Waals surface area contributed by atoms with E-state index in [0.717, 1.165) is 11.7 Å². The van der Waals surface area contributed by atoms with Gasteiger partial charge in [0.05, 0.1) is 44.2 Å². The molecule has 0 N–H and O–H groups in total. The second kappa shape index (κ2) is 22.5. The average Bonchev–Trinajstić information content (AvgIpc) is 3.07. The number of methoxy groups -OCH3 is 1. The van der Waals surface area contributed by atoms with Crippen molar-refractivity contribution in [3.8, 4) is 5.75 Å². The van der Waals surface area contributed by atoms with E-state index in [2.05, 4.69) is 93.6 Å². The molecule has 1 fully saturated rings. The molecule has 0 radical (unpaired) electrons. The standard InChI is InChI=1S/C19H40N.C19H17OS.CH2O3/c1-4-7-15-20(16-8-5-2,17-9-6-3)18-19-13-11-10-12-14-19;1-20-16-12-14-19(15-13-16)21(17-8-4-2-5-9-17)18-10-6-3-7-11-18;2-1(3)4/h19H,4-18H2,1-3H3;2-15H,1H3;(H2,2,3,4)/q2*+1;/p-2. The summed E-state index contributed by atoms with van der Waals surface area (Å²) in [5.41, 5.74) is 0. The van der Waals surface area contributed by atoms with Crippen molar-refractivity contribution in [3.05, 3.63) is 84.9 Å². The molecule has 1 aliphatic rings. The zero-order valence-electron chi connectivity index (χ0n) is 28.3. The van der Waals surface area contributed by atoms with Crippen LogP contribution in [0.3, 0.4) is 0 Å². The topological polar surface area (TPSA) is 72.4 Å². The van der Waals surface area contributed by atoms with E-state index in [9.17, 15) is 0 Å². The number of carbonyl (C=O) groups excluding carboxylic acids is 1. The van der Waals surface area contributed by atoms with Gasteiger partial charge in [-0.1, -0.05) is 95.7 Å². The van der Waals surface area contributed by atoms with Crippen LogP contribution in [0.5, 0.6) is 5.75 Å². The van der Waals surface area contributed by atoms with E-state index in [-0.39, 0.29) is 10.9 Å². The van der Waals surface area contributed by atoms with E-state index in [0.29, 0.717) is 0 Å². The summed E-state index contributed by atoms with van der Waals surface area (Å²) in [5.74, 6) is 1.93. The largest absolute Gasteiger partial charge is 0.652 e. The van der Waals surface area contributed by atoms with Crippen LogP contribution in [0.4, 0.5) is 4.79 Å². The lowest BCUT2D eigenvalue weighted by atomic mass is 9.88. The third-order valence-corrected chi connectivity index (χ3v) is 10.8. The highest BCUT2D eigenvalue weighted by Gasteiger charge is 2.30. The van der Waals surface area contributed by atoms with E-state index >= 15 is 0 Å². The van der Waals surface area contributed by atoms with Crippen LogP contribution in [0.25, 0.3) is 0 Å². The predicted octanol–water partition coefficient (Wildman–Crippen LogP) is 8.13. The Morgan fingerprint density at radius 1 is 0.689 bits per heavy atom. The number of nitrogens with zero attached hydrogens (tertiary/aromatic N) is 1. The number of unbranched alkanes of at least 4 members (excludes halogenated alkanes) is 3. The van der Waals surface area contributed by atoms with Crippen LogP contribution in [-0.4, -0.2) is 43.9 Å². The number of quaternary nitrogens is 1. The summed E-state index contributed by atoms with van der Waals surface area (Å²) in [7, 11) is 1.62. The van der Waals surface area contributed by atoms with E-state index < -0.39 is 6.16 Å². The Morgan fingerprint density at radius 3 is 1.47 bits per heavy atom. The van der Waals surface area contributed by atoms with Gasteiger partial charge in [0.15, 0.2) is 14.7 Å². The number of hydrogen-bond acceptors (Lipinski definition) is 4. The predicted molar refractivity (Wildman–Crippen MR) is 184 cm³/mol. The van der Waals surface area contributed by atoms with Crippen molar-refractivity contribution in [3.63, 3.8) is 0 Å². The van der Waals surface area contributed by atoms with Gasteiger partial charge in [-0.2, -0.15) is 0 Å². The quantitative estimate of drug-likeness (QED) is 0.125. The minimum Gasteiger partial charge on any atom is -0.652 e. The molecular weight excluding hydrogens is 578 g/mol. The molecular formula is C39H57NO4S. The zero-order chi connectivity index (χ0) is 32.8. The molecule has 3 aromatic rings. The number of rotatable bonds is 15. The Kier molecular flexibility index (Phi) is 19.1. The average molecular weight is 636 g/mol. The molecule has 0 spiro atoms. The summed E-state index contributed by atoms with van der Waals surface area (Å²) in [6.07, 6.45) is 13.6. The van der Waals surface area contributed by atoms with Crippen LogP contribution in [0, 0.1) is 5.92 Å². The molecule has 0 amide bonds. The maximum atomic E-state index is 8.33. The fourth-order valence-corrected chi connectivity index (χ4v) is 8.32. The van der Waals surface area contributed by atoms with Crippen molar-refractivity contribution in [2.75, 3.05) is 33.3 Å². The molecule has 0 saturated heterocycles. The van der Waals surface area contributed by atoms with Crippen molar-refractivity contribution in [2.45, 2.75) is 106 Å². The first-order valence-electron chi connectivity index (χ1n) is 17.1. The molecule has 4 rings (SSSR count). The van der Waals surface area contributed by atoms with Gasteiger partial charge in [-0.05, 0) is 86.8 Å². The normalized spacial score (nSPS) is 13.3. The van der Waals surface area contributed by atoms with Gasteiger partial charge in [0, 0.05) is 5.92 Å². The van der Waals surface area contributed by atoms with Crippen molar-refractivity contribution in [1.82, 2.24) is 0 Å². The van der Waals surface area contributed by atoms with Crippen LogP contribution in [0.15, 0.2) is 99.6 Å². The number of carbonyl (C=O) groups is 1. The van der Waals surface area contributed by atoms with Crippen LogP contribution in [0.1, 0.15) is 91.4 Å². The lowest BCUT2D eigenvalue weighted by Gasteiger charge is -2.42. The third-order valence-electron chi connectivity index (χ3n) is 8.58. The van der Waals surface area contributed by atoms with Crippen molar-refractivity contribution in [1.29, 1.82) is 0 Å². The fourth-order valence-electron chi connectivity index (χ4n) is 6.24. The molecule has 0 unspecified atom stereocenters. The molecule has 1 aliphatic carbocycles. The Morgan fingerprint density at radius 2 is 1.09 bits per heavy atom. The van der Waals surface area contributed by atoms with Crippen LogP contribution in [0.2, 0.25) is 0 Å². The van der Waals surface area contributed by atoms with Gasteiger partial charge >= 0.3 is 0 Å². The monoisotopic (exact) mass is 635 g/mol. The first-order chi connectivity index (χ1) is 21.9. The molecule has 5 nitrogen and oxygen atoms in total. The number of benzene rings is 3. The van der Waals surface area contributed by atoms with Gasteiger partial charge < -0.3 is 24.2 Å². The molecule has 0 aromatic heterocycles. The second-order valence-electron chi connectivity index (χ2n) is 12.1. The molecule has 0 atom stereocenters. The van der Waals surface area contributed by atoms with Gasteiger partial charge in [-0.3, -0.25) is 0 Å². The first-order valence-corrected chi connectivity index (χ1v) is 18.3. The highest BCUT2D eigenvalue weighted by atomic mass is 32.2. The SMILES string of the molecule is CCCC[N+](CCCC)(CCCC)CC1CCCCC1.COc1ccc([S+](c2ccccc2)c2ccccc2)cc1.O=C([O-])[O-]. The van der Waals surface area contributed by atoms with E-state index in [1.807, 2.05) is 12.1 Å². The summed E-state index contributed by atoms with van der Waals surface area (Å²) in [5, 5.41) is 16.7. The zero-order valence-corrected chi connectivity index (χ0v) is 29.1. The molecule has 248 valence electrons. The molecule has 0 bridgehead atoms. The summed E-state index contributed by atoms with van der Waals surface area (Å²) in [6, 6.07) is 29.7. The summed E-state index contributed by atoms with van der Waals surface area (Å²) < 4.78 is 6.72. The highest BCUT2D eigenvalue weighted by molar-refractivity contribution is 7.97. The molecule has 45 heavy (non-hydrogen) atoms. The van der Waals surface area contributed by atoms with Crippen LogP contribution < -0.4 is 14.9 Å². The smallest absolute Gasteiger partial charge is 0.166 e. The van der Waals surface area contributed by atoms with E-state index in [4.69, 9.17) is 19.7 Å². The van der Waals surface area contributed by atoms with Gasteiger partial charge in [0.2, 0.25) is 0 Å². The first kappa shape index (κ1) is 38.2. The minimum atomic E-state index is -2.33. The number of ether oxygens (including phenoxy) is 1. The highest BCUT2D eigenvalue weighted by Crippen LogP contribution is 2.32. The molecule has 0 aliphatic heterocycles. The molecule has 3 aromatic carbocycles. The minimum absolute atomic E-state index is 0.0804. The maximum absolute atomic E-state index is 8.33. The summed E-state index contributed by atoms with van der Waals surface area (Å²) >= 11 is 0. The molecule has 1 saturated carbocycles. The van der Waals surface area contributed by atoms with E-state index in [1.54, 1.807) is 7.11 Å². The fraction of sp³-hybridized carbons (Fsp3) is 0.513. The van der Waals surface area contributed by atoms with Crippen molar-refractivity contribution >= 4 is 17.1 Å². The maximum Gasteiger partial charge on any atom is 0.166 e. The van der Waals surface area contributed by atoms with Crippen molar-refractivity contribution < 1.29 is 24.2 Å². The Bertz CT molecular complexity index is 1090. The van der Waals surface area contributed by atoms with Gasteiger partial charge in [-0.25, -0.2) is 0 Å². The van der Waals surface area contributed by atoms with Gasteiger partial charge in [-0.15, -0.1) is 0 Å². The van der Waals surface area contributed by atoms with Crippen LogP contribution >= 0.6 is 0 Å². The van der Waals surface area contributed by atoms with Gasteiger partial charge in [0.1, 0.15) is 5.75 Å². The van der Waals surface area contributed by atoms with Crippen LogP contribution in [-0.2, 0) is 10.9 Å². The Labute approximate surface area is 276 Å². The number of hydrogen-bond donors (Lipinski definition) is 0.